The molecular weight excluding hydrogens is 276 g/mol. The van der Waals surface area contributed by atoms with Crippen LogP contribution in [0.2, 0.25) is 5.02 Å². The van der Waals surface area contributed by atoms with Gasteiger partial charge in [0.05, 0.1) is 5.02 Å². The Kier molecular flexibility index (Phi) is 4.64. The van der Waals surface area contributed by atoms with Crippen LogP contribution in [0.4, 0.5) is 0 Å². The van der Waals surface area contributed by atoms with Crippen LogP contribution in [0.5, 0.6) is 5.75 Å². The molecule has 2 aromatic rings. The summed E-state index contributed by atoms with van der Waals surface area (Å²) in [5.74, 6) is -0.624. The third kappa shape index (κ3) is 3.75. The van der Waals surface area contributed by atoms with Crippen molar-refractivity contribution in [2.45, 2.75) is 19.4 Å². The van der Waals surface area contributed by atoms with Gasteiger partial charge in [-0.25, -0.2) is 4.79 Å². The van der Waals surface area contributed by atoms with Gasteiger partial charge >= 0.3 is 5.97 Å². The molecule has 2 aromatic carbocycles. The molecule has 0 saturated heterocycles. The van der Waals surface area contributed by atoms with E-state index in [2.05, 4.69) is 0 Å². The molecule has 0 amide bonds. The first-order valence-electron chi connectivity index (χ1n) is 6.26. The summed E-state index contributed by atoms with van der Waals surface area (Å²) in [7, 11) is 0. The number of para-hydroxylation sites is 1. The van der Waals surface area contributed by atoms with Gasteiger partial charge in [0.1, 0.15) is 5.75 Å². The lowest BCUT2D eigenvalue weighted by Crippen LogP contribution is -2.29. The molecule has 0 fully saturated rings. The van der Waals surface area contributed by atoms with Crippen LogP contribution >= 0.6 is 11.6 Å². The number of hydrogen-bond donors (Lipinski definition) is 1. The highest BCUT2D eigenvalue weighted by Gasteiger charge is 2.21. The smallest absolute Gasteiger partial charge is 0.345 e. The van der Waals surface area contributed by atoms with E-state index >= 15 is 0 Å². The molecule has 20 heavy (non-hydrogen) atoms. The SMILES string of the molecule is Cc1cccc(C[C@H](Oc2ccccc2Cl)C(=O)O)c1. The highest BCUT2D eigenvalue weighted by molar-refractivity contribution is 6.32. The second kappa shape index (κ2) is 6.44. The minimum atomic E-state index is -1.01. The van der Waals surface area contributed by atoms with Crippen LogP contribution in [0, 0.1) is 6.92 Å². The molecule has 4 heteroatoms. The lowest BCUT2D eigenvalue weighted by atomic mass is 10.1. The summed E-state index contributed by atoms with van der Waals surface area (Å²) in [6.07, 6.45) is -0.668. The Balaban J connectivity index is 2.16. The van der Waals surface area contributed by atoms with E-state index in [9.17, 15) is 9.90 Å². The lowest BCUT2D eigenvalue weighted by Gasteiger charge is -2.16. The molecule has 0 unspecified atom stereocenters. The minimum absolute atomic E-state index is 0.294. The van der Waals surface area contributed by atoms with Crippen LogP contribution in [0.3, 0.4) is 0 Å². The number of aryl methyl sites for hydroxylation is 1. The monoisotopic (exact) mass is 290 g/mol. The third-order valence-corrected chi connectivity index (χ3v) is 3.20. The summed E-state index contributed by atoms with van der Waals surface area (Å²) >= 11 is 5.98. The Hall–Kier alpha value is -2.00. The first-order chi connectivity index (χ1) is 9.56. The number of halogens is 1. The van der Waals surface area contributed by atoms with Gasteiger partial charge in [-0.1, -0.05) is 53.6 Å². The van der Waals surface area contributed by atoms with Crippen molar-refractivity contribution in [3.63, 3.8) is 0 Å². The van der Waals surface area contributed by atoms with Gasteiger partial charge in [-0.3, -0.25) is 0 Å². The second-order valence-electron chi connectivity index (χ2n) is 4.57. The van der Waals surface area contributed by atoms with Crippen molar-refractivity contribution in [2.75, 3.05) is 0 Å². The molecule has 0 aliphatic heterocycles. The quantitative estimate of drug-likeness (QED) is 0.913. The number of benzene rings is 2. The number of ether oxygens (including phenoxy) is 1. The lowest BCUT2D eigenvalue weighted by molar-refractivity contribution is -0.145. The van der Waals surface area contributed by atoms with Gasteiger partial charge in [0.15, 0.2) is 6.10 Å². The minimum Gasteiger partial charge on any atom is -0.478 e. The number of aliphatic carboxylic acids is 1. The molecule has 0 bridgehead atoms. The number of hydrogen-bond acceptors (Lipinski definition) is 2. The summed E-state index contributed by atoms with van der Waals surface area (Å²) < 4.78 is 5.52. The molecule has 0 radical (unpaired) electrons. The van der Waals surface area contributed by atoms with E-state index in [0.717, 1.165) is 11.1 Å². The Morgan fingerprint density at radius 2 is 2.00 bits per heavy atom. The Bertz CT molecular complexity index is 610. The Labute approximate surface area is 122 Å². The van der Waals surface area contributed by atoms with Crippen molar-refractivity contribution < 1.29 is 14.6 Å². The van der Waals surface area contributed by atoms with E-state index in [0.29, 0.717) is 17.2 Å². The molecule has 0 aliphatic rings. The highest BCUT2D eigenvalue weighted by atomic mass is 35.5. The van der Waals surface area contributed by atoms with Gasteiger partial charge in [-0.15, -0.1) is 0 Å². The molecule has 1 atom stereocenters. The maximum absolute atomic E-state index is 11.3. The van der Waals surface area contributed by atoms with E-state index < -0.39 is 12.1 Å². The van der Waals surface area contributed by atoms with Crippen molar-refractivity contribution in [1.82, 2.24) is 0 Å². The molecule has 1 N–H and O–H groups in total. The zero-order valence-corrected chi connectivity index (χ0v) is 11.8. The standard InChI is InChI=1S/C16H15ClO3/c1-11-5-4-6-12(9-11)10-15(16(18)19)20-14-8-3-2-7-13(14)17/h2-9,15H,10H2,1H3,(H,18,19)/t15-/m0/s1. The molecule has 0 heterocycles. The van der Waals surface area contributed by atoms with Gasteiger partial charge < -0.3 is 9.84 Å². The van der Waals surface area contributed by atoms with E-state index in [4.69, 9.17) is 16.3 Å². The molecule has 104 valence electrons. The maximum atomic E-state index is 11.3. The van der Waals surface area contributed by atoms with Crippen molar-refractivity contribution >= 4 is 17.6 Å². The largest absolute Gasteiger partial charge is 0.478 e. The van der Waals surface area contributed by atoms with Gasteiger partial charge in [0.2, 0.25) is 0 Å². The number of carboxylic acid groups (broad SMARTS) is 1. The normalized spacial score (nSPS) is 11.9. The highest BCUT2D eigenvalue weighted by Crippen LogP contribution is 2.25. The zero-order chi connectivity index (χ0) is 14.5. The molecular formula is C16H15ClO3. The van der Waals surface area contributed by atoms with E-state index in [1.54, 1.807) is 24.3 Å². The molecule has 0 saturated carbocycles. The summed E-state index contributed by atoms with van der Waals surface area (Å²) in [6, 6.07) is 14.6. The van der Waals surface area contributed by atoms with E-state index in [-0.39, 0.29) is 0 Å². The summed E-state index contributed by atoms with van der Waals surface area (Å²) in [4.78, 5) is 11.3. The van der Waals surface area contributed by atoms with Gasteiger partial charge in [0.25, 0.3) is 0 Å². The van der Waals surface area contributed by atoms with Crippen molar-refractivity contribution in [3.05, 3.63) is 64.7 Å². The number of carbonyl (C=O) groups is 1. The van der Waals surface area contributed by atoms with Crippen molar-refractivity contribution in [3.8, 4) is 5.75 Å². The second-order valence-corrected chi connectivity index (χ2v) is 4.98. The Morgan fingerprint density at radius 3 is 2.65 bits per heavy atom. The van der Waals surface area contributed by atoms with Gasteiger partial charge in [0, 0.05) is 6.42 Å². The van der Waals surface area contributed by atoms with Crippen LogP contribution in [0.25, 0.3) is 0 Å². The molecule has 2 rings (SSSR count). The topological polar surface area (TPSA) is 46.5 Å². The van der Waals surface area contributed by atoms with Gasteiger partial charge in [-0.05, 0) is 24.6 Å². The predicted octanol–water partition coefficient (Wildman–Crippen LogP) is 3.72. The molecule has 0 aliphatic carbocycles. The predicted molar refractivity (Wildman–Crippen MR) is 78.4 cm³/mol. The summed E-state index contributed by atoms with van der Waals surface area (Å²) in [6.45, 7) is 1.97. The fourth-order valence-corrected chi connectivity index (χ4v) is 2.11. The van der Waals surface area contributed by atoms with Crippen LogP contribution in [-0.4, -0.2) is 17.2 Å². The zero-order valence-electron chi connectivity index (χ0n) is 11.0. The van der Waals surface area contributed by atoms with Crippen molar-refractivity contribution in [1.29, 1.82) is 0 Å². The Morgan fingerprint density at radius 1 is 1.25 bits per heavy atom. The third-order valence-electron chi connectivity index (χ3n) is 2.88. The molecule has 0 spiro atoms. The van der Waals surface area contributed by atoms with Crippen LogP contribution in [0.15, 0.2) is 48.5 Å². The number of carboxylic acids is 1. The van der Waals surface area contributed by atoms with E-state index in [1.165, 1.54) is 0 Å². The van der Waals surface area contributed by atoms with Crippen LogP contribution in [-0.2, 0) is 11.2 Å². The molecule has 3 nitrogen and oxygen atoms in total. The fourth-order valence-electron chi connectivity index (χ4n) is 1.93. The first-order valence-corrected chi connectivity index (χ1v) is 6.63. The maximum Gasteiger partial charge on any atom is 0.345 e. The molecule has 0 aromatic heterocycles. The average molecular weight is 291 g/mol. The average Bonchev–Trinajstić information content (AvgIpc) is 2.40. The summed E-state index contributed by atoms with van der Waals surface area (Å²) in [5, 5.41) is 9.69. The summed E-state index contributed by atoms with van der Waals surface area (Å²) in [5.41, 5.74) is 2.01. The number of rotatable bonds is 5. The van der Waals surface area contributed by atoms with Crippen molar-refractivity contribution in [2.24, 2.45) is 0 Å². The first kappa shape index (κ1) is 14.4. The fraction of sp³-hybridized carbons (Fsp3) is 0.188. The van der Waals surface area contributed by atoms with Crippen LogP contribution in [0.1, 0.15) is 11.1 Å². The van der Waals surface area contributed by atoms with Crippen LogP contribution < -0.4 is 4.74 Å². The van der Waals surface area contributed by atoms with Gasteiger partial charge in [-0.2, -0.15) is 0 Å². The van der Waals surface area contributed by atoms with E-state index in [1.807, 2.05) is 31.2 Å².